The normalized spacial score (nSPS) is 17.7. The summed E-state index contributed by atoms with van der Waals surface area (Å²) < 4.78 is 0. The summed E-state index contributed by atoms with van der Waals surface area (Å²) in [4.78, 5) is 38.4. The summed E-state index contributed by atoms with van der Waals surface area (Å²) in [5.74, 6) is 0.405. The highest BCUT2D eigenvalue weighted by Gasteiger charge is 2.42. The number of hydrogen-bond donors (Lipinski definition) is 1. The SMILES string of the molecule is CC(SC1=Nc2ccccc2C2=NC(Cc3ccccc3)C(=O)N12)C(=O)NCc1cccs1. The van der Waals surface area contributed by atoms with Crippen LogP contribution >= 0.6 is 23.1 Å². The molecule has 6 nitrogen and oxygen atoms in total. The lowest BCUT2D eigenvalue weighted by molar-refractivity contribution is -0.124. The number of nitrogens with one attached hydrogen (secondary N) is 1. The van der Waals surface area contributed by atoms with Gasteiger partial charge in [-0.1, -0.05) is 60.3 Å². The van der Waals surface area contributed by atoms with Crippen molar-refractivity contribution in [2.24, 2.45) is 9.98 Å². The van der Waals surface area contributed by atoms with Gasteiger partial charge >= 0.3 is 0 Å². The third kappa shape index (κ3) is 4.49. The minimum Gasteiger partial charge on any atom is -0.350 e. The number of para-hydroxylation sites is 1. The molecule has 1 N–H and O–H groups in total. The highest BCUT2D eigenvalue weighted by molar-refractivity contribution is 8.15. The predicted molar refractivity (Wildman–Crippen MR) is 134 cm³/mol. The van der Waals surface area contributed by atoms with Gasteiger partial charge in [0, 0.05) is 16.9 Å². The van der Waals surface area contributed by atoms with E-state index in [1.807, 2.05) is 79.0 Å². The van der Waals surface area contributed by atoms with Gasteiger partial charge in [0.15, 0.2) is 5.17 Å². The minimum atomic E-state index is -0.512. The first-order valence-corrected chi connectivity index (χ1v) is 12.5. The molecule has 0 saturated heterocycles. The first-order valence-electron chi connectivity index (χ1n) is 10.7. The number of thioether (sulfide) groups is 1. The molecule has 2 unspecified atom stereocenters. The molecule has 1 aromatic heterocycles. The van der Waals surface area contributed by atoms with Gasteiger partial charge in [-0.25, -0.2) is 9.89 Å². The van der Waals surface area contributed by atoms with Gasteiger partial charge in [-0.05, 0) is 36.1 Å². The second-order valence-corrected chi connectivity index (χ2v) is 10.1. The topological polar surface area (TPSA) is 74.1 Å². The monoisotopic (exact) mass is 474 g/mol. The van der Waals surface area contributed by atoms with Gasteiger partial charge < -0.3 is 5.32 Å². The number of nitrogens with zero attached hydrogens (tertiary/aromatic N) is 3. The average Bonchev–Trinajstić information content (AvgIpc) is 3.47. The number of benzene rings is 2. The average molecular weight is 475 g/mol. The number of carbonyl (C=O) groups is 2. The number of thiophene rings is 1. The molecule has 2 aliphatic heterocycles. The Morgan fingerprint density at radius 1 is 1.12 bits per heavy atom. The number of rotatable bonds is 6. The molecule has 166 valence electrons. The van der Waals surface area contributed by atoms with E-state index < -0.39 is 11.3 Å². The van der Waals surface area contributed by atoms with Crippen LogP contribution in [0.3, 0.4) is 0 Å². The number of aliphatic imine (C=N–C) groups is 2. The van der Waals surface area contributed by atoms with E-state index in [0.717, 1.165) is 21.7 Å². The van der Waals surface area contributed by atoms with E-state index in [1.54, 1.807) is 16.2 Å². The molecule has 8 heteroatoms. The Kier molecular flexibility index (Phi) is 6.11. The molecule has 2 atom stereocenters. The molecular formula is C25H22N4O2S2. The molecule has 2 aromatic carbocycles. The Morgan fingerprint density at radius 2 is 1.91 bits per heavy atom. The summed E-state index contributed by atoms with van der Waals surface area (Å²) in [7, 11) is 0. The van der Waals surface area contributed by atoms with Crippen LogP contribution in [0.4, 0.5) is 5.69 Å². The zero-order chi connectivity index (χ0) is 22.8. The summed E-state index contributed by atoms with van der Waals surface area (Å²) in [6.07, 6.45) is 0.524. The lowest BCUT2D eigenvalue weighted by Gasteiger charge is -2.26. The van der Waals surface area contributed by atoms with Crippen molar-refractivity contribution in [1.82, 2.24) is 10.2 Å². The molecule has 3 aromatic rings. The van der Waals surface area contributed by atoms with Crippen molar-refractivity contribution < 1.29 is 9.59 Å². The summed E-state index contributed by atoms with van der Waals surface area (Å²) >= 11 is 2.89. The number of amidine groups is 2. The van der Waals surface area contributed by atoms with Crippen LogP contribution in [0.1, 0.15) is 22.9 Å². The van der Waals surface area contributed by atoms with Crippen LogP contribution in [-0.2, 0) is 22.6 Å². The predicted octanol–water partition coefficient (Wildman–Crippen LogP) is 4.39. The van der Waals surface area contributed by atoms with Crippen LogP contribution < -0.4 is 5.32 Å². The van der Waals surface area contributed by atoms with Crippen LogP contribution in [0.25, 0.3) is 0 Å². The summed E-state index contributed by atoms with van der Waals surface area (Å²) in [5, 5.41) is 5.03. The van der Waals surface area contributed by atoms with E-state index in [0.29, 0.717) is 24.0 Å². The number of carbonyl (C=O) groups excluding carboxylic acids is 2. The van der Waals surface area contributed by atoms with Gasteiger partial charge in [0.05, 0.1) is 17.5 Å². The largest absolute Gasteiger partial charge is 0.350 e. The first-order chi connectivity index (χ1) is 16.1. The van der Waals surface area contributed by atoms with Crippen molar-refractivity contribution in [2.75, 3.05) is 0 Å². The van der Waals surface area contributed by atoms with E-state index in [4.69, 9.17) is 9.98 Å². The van der Waals surface area contributed by atoms with Crippen molar-refractivity contribution in [3.05, 3.63) is 88.1 Å². The first kappa shape index (κ1) is 21.6. The molecule has 2 aliphatic rings. The van der Waals surface area contributed by atoms with Crippen LogP contribution in [-0.4, -0.2) is 39.0 Å². The smallest absolute Gasteiger partial charge is 0.259 e. The van der Waals surface area contributed by atoms with Crippen LogP contribution in [0.5, 0.6) is 0 Å². The van der Waals surface area contributed by atoms with Crippen molar-refractivity contribution in [3.8, 4) is 0 Å². The van der Waals surface area contributed by atoms with Crippen molar-refractivity contribution in [1.29, 1.82) is 0 Å². The van der Waals surface area contributed by atoms with E-state index in [-0.39, 0.29) is 11.8 Å². The van der Waals surface area contributed by atoms with E-state index in [9.17, 15) is 9.59 Å². The quantitative estimate of drug-likeness (QED) is 0.576. The Morgan fingerprint density at radius 3 is 2.70 bits per heavy atom. The third-order valence-electron chi connectivity index (χ3n) is 5.49. The maximum Gasteiger partial charge on any atom is 0.259 e. The third-order valence-corrected chi connectivity index (χ3v) is 7.42. The molecule has 33 heavy (non-hydrogen) atoms. The van der Waals surface area contributed by atoms with Gasteiger partial charge in [-0.15, -0.1) is 11.3 Å². The molecule has 0 spiro atoms. The fourth-order valence-electron chi connectivity index (χ4n) is 3.79. The zero-order valence-electron chi connectivity index (χ0n) is 18.0. The number of fused-ring (bicyclic) bond motifs is 3. The Balaban J connectivity index is 1.37. The second-order valence-electron chi connectivity index (χ2n) is 7.80. The Hall–Kier alpha value is -3.23. The van der Waals surface area contributed by atoms with E-state index in [2.05, 4.69) is 5.32 Å². The summed E-state index contributed by atoms with van der Waals surface area (Å²) in [6, 6.07) is 21.0. The molecule has 0 radical (unpaired) electrons. The summed E-state index contributed by atoms with van der Waals surface area (Å²) in [5.41, 5.74) is 2.65. The maximum atomic E-state index is 13.4. The molecule has 0 fully saturated rings. The molecule has 3 heterocycles. The van der Waals surface area contributed by atoms with E-state index >= 15 is 0 Å². The van der Waals surface area contributed by atoms with Gasteiger partial charge in [0.2, 0.25) is 5.91 Å². The molecular weight excluding hydrogens is 452 g/mol. The minimum absolute atomic E-state index is 0.0964. The Labute approximate surface area is 200 Å². The van der Waals surface area contributed by atoms with Crippen LogP contribution in [0.2, 0.25) is 0 Å². The maximum absolute atomic E-state index is 13.4. The van der Waals surface area contributed by atoms with Crippen LogP contribution in [0.15, 0.2) is 82.1 Å². The van der Waals surface area contributed by atoms with E-state index in [1.165, 1.54) is 11.8 Å². The fraction of sp³-hybridized carbons (Fsp3) is 0.200. The molecule has 0 bridgehead atoms. The lowest BCUT2D eigenvalue weighted by Crippen LogP contribution is -2.43. The summed E-state index contributed by atoms with van der Waals surface area (Å²) in [6.45, 7) is 2.32. The zero-order valence-corrected chi connectivity index (χ0v) is 19.6. The van der Waals surface area contributed by atoms with Gasteiger partial charge in [0.25, 0.3) is 5.91 Å². The molecule has 2 amide bonds. The standard InChI is InChI=1S/C25H22N4O2S2/c1-16(23(30)26-15-18-10-7-13-32-18)33-25-28-20-12-6-5-11-19(20)22-27-21(24(31)29(22)25)14-17-8-3-2-4-9-17/h2-13,16,21H,14-15H2,1H3,(H,26,30). The highest BCUT2D eigenvalue weighted by Crippen LogP contribution is 2.35. The Bertz CT molecular complexity index is 1240. The van der Waals surface area contributed by atoms with Gasteiger partial charge in [-0.3, -0.25) is 14.6 Å². The van der Waals surface area contributed by atoms with Crippen molar-refractivity contribution in [3.63, 3.8) is 0 Å². The second kappa shape index (κ2) is 9.33. The molecule has 0 aliphatic carbocycles. The van der Waals surface area contributed by atoms with Crippen molar-refractivity contribution in [2.45, 2.75) is 31.2 Å². The van der Waals surface area contributed by atoms with Gasteiger partial charge in [0.1, 0.15) is 11.9 Å². The highest BCUT2D eigenvalue weighted by atomic mass is 32.2. The van der Waals surface area contributed by atoms with Gasteiger partial charge in [-0.2, -0.15) is 0 Å². The lowest BCUT2D eigenvalue weighted by atomic mass is 10.1. The van der Waals surface area contributed by atoms with Crippen molar-refractivity contribution >= 4 is 51.6 Å². The molecule has 0 saturated carbocycles. The number of hydrogen-bond acceptors (Lipinski definition) is 6. The fourth-order valence-corrected chi connectivity index (χ4v) is 5.38. The molecule has 5 rings (SSSR count). The number of amides is 2. The van der Waals surface area contributed by atoms with Crippen LogP contribution in [0, 0.1) is 0 Å².